The maximum Gasteiger partial charge on any atom is 0.0562 e. The molecule has 2 rings (SSSR count). The zero-order chi connectivity index (χ0) is 14.2. The minimum atomic E-state index is 0.845. The minimum absolute atomic E-state index is 0.845. The summed E-state index contributed by atoms with van der Waals surface area (Å²) in [5.74, 6) is 0. The quantitative estimate of drug-likeness (QED) is 0.752. The van der Waals surface area contributed by atoms with E-state index in [0.29, 0.717) is 0 Å². The Morgan fingerprint density at radius 2 is 2.20 bits per heavy atom. The number of anilines is 1. The van der Waals surface area contributed by atoms with Crippen molar-refractivity contribution in [2.24, 2.45) is 0 Å². The Balaban J connectivity index is 2.03. The summed E-state index contributed by atoms with van der Waals surface area (Å²) in [7, 11) is 0. The van der Waals surface area contributed by atoms with Gasteiger partial charge in [0.1, 0.15) is 0 Å². The lowest BCUT2D eigenvalue weighted by Gasteiger charge is -2.22. The van der Waals surface area contributed by atoms with Crippen LogP contribution in [0.4, 0.5) is 5.69 Å². The summed E-state index contributed by atoms with van der Waals surface area (Å²) in [5, 5.41) is 5.54. The third kappa shape index (κ3) is 4.32. The first kappa shape index (κ1) is 15.0. The highest BCUT2D eigenvalue weighted by Crippen LogP contribution is 2.19. The van der Waals surface area contributed by atoms with Gasteiger partial charge in [-0.15, -0.1) is 11.3 Å². The van der Waals surface area contributed by atoms with Gasteiger partial charge in [0.25, 0.3) is 0 Å². The Kier molecular flexibility index (Phi) is 6.02. The van der Waals surface area contributed by atoms with Crippen molar-refractivity contribution in [3.63, 3.8) is 0 Å². The molecule has 3 nitrogen and oxygen atoms in total. The molecule has 0 amide bonds. The topological polar surface area (TPSA) is 28.2 Å². The maximum absolute atomic E-state index is 4.44. The molecule has 1 N–H and O–H groups in total. The lowest BCUT2D eigenvalue weighted by molar-refractivity contribution is 0.664. The van der Waals surface area contributed by atoms with E-state index >= 15 is 0 Å². The van der Waals surface area contributed by atoms with Crippen LogP contribution in [0.1, 0.15) is 30.8 Å². The largest absolute Gasteiger partial charge is 0.367 e. The van der Waals surface area contributed by atoms with Crippen molar-refractivity contribution in [1.29, 1.82) is 0 Å². The summed E-state index contributed by atoms with van der Waals surface area (Å²) in [6, 6.07) is 8.60. The fourth-order valence-corrected chi connectivity index (χ4v) is 2.85. The number of rotatable bonds is 8. The van der Waals surface area contributed by atoms with Gasteiger partial charge in [0.2, 0.25) is 0 Å². The Morgan fingerprint density at radius 1 is 1.30 bits per heavy atom. The van der Waals surface area contributed by atoms with E-state index in [1.54, 1.807) is 0 Å². The van der Waals surface area contributed by atoms with Gasteiger partial charge in [-0.25, -0.2) is 0 Å². The first-order chi connectivity index (χ1) is 9.83. The van der Waals surface area contributed by atoms with Gasteiger partial charge in [0.05, 0.1) is 12.2 Å². The molecule has 0 aliphatic rings. The summed E-state index contributed by atoms with van der Waals surface area (Å²) >= 11 is 1.81. The van der Waals surface area contributed by atoms with Crippen LogP contribution in [-0.4, -0.2) is 18.1 Å². The van der Waals surface area contributed by atoms with Gasteiger partial charge < -0.3 is 10.2 Å². The van der Waals surface area contributed by atoms with E-state index in [0.717, 1.165) is 38.3 Å². The van der Waals surface area contributed by atoms with Gasteiger partial charge >= 0.3 is 0 Å². The van der Waals surface area contributed by atoms with Crippen LogP contribution < -0.4 is 10.2 Å². The van der Waals surface area contributed by atoms with Crippen LogP contribution in [0.15, 0.2) is 35.8 Å². The third-order valence-electron chi connectivity index (χ3n) is 3.21. The highest BCUT2D eigenvalue weighted by molar-refractivity contribution is 7.09. The first-order valence-corrected chi connectivity index (χ1v) is 8.14. The molecule has 0 bridgehead atoms. The molecule has 0 radical (unpaired) electrons. The molecule has 20 heavy (non-hydrogen) atoms. The van der Waals surface area contributed by atoms with Crippen LogP contribution in [0.2, 0.25) is 0 Å². The van der Waals surface area contributed by atoms with E-state index in [1.165, 1.54) is 10.6 Å². The standard InChI is InChI=1S/C16H23N3S/c1-3-8-17-12-14-11-15(7-9-18-14)19(4-2)13-16-6-5-10-20-16/h5-7,9-11,17H,3-4,8,12-13H2,1-2H3. The average Bonchev–Trinajstić information content (AvgIpc) is 2.98. The van der Waals surface area contributed by atoms with Crippen molar-refractivity contribution in [2.45, 2.75) is 33.4 Å². The monoisotopic (exact) mass is 289 g/mol. The van der Waals surface area contributed by atoms with E-state index in [9.17, 15) is 0 Å². The smallest absolute Gasteiger partial charge is 0.0562 e. The molecule has 0 fully saturated rings. The van der Waals surface area contributed by atoms with Crippen molar-refractivity contribution in [2.75, 3.05) is 18.0 Å². The third-order valence-corrected chi connectivity index (χ3v) is 4.07. The van der Waals surface area contributed by atoms with Gasteiger partial charge in [-0.1, -0.05) is 13.0 Å². The molecule has 0 aliphatic heterocycles. The molecule has 0 atom stereocenters. The molecule has 2 heterocycles. The summed E-state index contributed by atoms with van der Waals surface area (Å²) in [6.45, 7) is 8.24. The Labute approximate surface area is 125 Å². The number of nitrogens with zero attached hydrogens (tertiary/aromatic N) is 2. The zero-order valence-electron chi connectivity index (χ0n) is 12.3. The molecule has 2 aromatic heterocycles. The Bertz CT molecular complexity index is 496. The predicted octanol–water partition coefficient (Wildman–Crippen LogP) is 3.67. The first-order valence-electron chi connectivity index (χ1n) is 7.26. The predicted molar refractivity (Wildman–Crippen MR) is 87.3 cm³/mol. The van der Waals surface area contributed by atoms with Crippen LogP contribution in [0.3, 0.4) is 0 Å². The number of pyridine rings is 1. The number of hydrogen-bond donors (Lipinski definition) is 1. The van der Waals surface area contributed by atoms with Crippen LogP contribution in [0, 0.1) is 0 Å². The van der Waals surface area contributed by atoms with Crippen molar-refractivity contribution < 1.29 is 0 Å². The zero-order valence-corrected chi connectivity index (χ0v) is 13.1. The van der Waals surface area contributed by atoms with Crippen LogP contribution in [0.5, 0.6) is 0 Å². The number of thiophene rings is 1. The molecular weight excluding hydrogens is 266 g/mol. The van der Waals surface area contributed by atoms with E-state index < -0.39 is 0 Å². The second kappa shape index (κ2) is 8.02. The molecule has 4 heteroatoms. The summed E-state index contributed by atoms with van der Waals surface area (Å²) < 4.78 is 0. The highest BCUT2D eigenvalue weighted by Gasteiger charge is 2.07. The van der Waals surface area contributed by atoms with Gasteiger partial charge in [-0.3, -0.25) is 4.98 Å². The molecule has 108 valence electrons. The van der Waals surface area contributed by atoms with Crippen molar-refractivity contribution in [1.82, 2.24) is 10.3 Å². The molecule has 0 saturated carbocycles. The molecule has 0 aliphatic carbocycles. The number of nitrogens with one attached hydrogen (secondary N) is 1. The minimum Gasteiger partial charge on any atom is -0.367 e. The lowest BCUT2D eigenvalue weighted by Crippen LogP contribution is -2.22. The second-order valence-corrected chi connectivity index (χ2v) is 5.81. The molecule has 0 unspecified atom stereocenters. The molecule has 0 spiro atoms. The van der Waals surface area contributed by atoms with E-state index in [1.807, 2.05) is 17.5 Å². The van der Waals surface area contributed by atoms with Crippen LogP contribution >= 0.6 is 11.3 Å². The Morgan fingerprint density at radius 3 is 2.90 bits per heavy atom. The lowest BCUT2D eigenvalue weighted by atomic mass is 10.2. The van der Waals surface area contributed by atoms with Crippen LogP contribution in [0.25, 0.3) is 0 Å². The van der Waals surface area contributed by atoms with Gasteiger partial charge in [-0.2, -0.15) is 0 Å². The maximum atomic E-state index is 4.44. The normalized spacial score (nSPS) is 10.7. The highest BCUT2D eigenvalue weighted by atomic mass is 32.1. The molecule has 0 saturated heterocycles. The van der Waals surface area contributed by atoms with Crippen molar-refractivity contribution >= 4 is 17.0 Å². The summed E-state index contributed by atoms with van der Waals surface area (Å²) in [5.41, 5.74) is 2.37. The van der Waals surface area contributed by atoms with Crippen molar-refractivity contribution in [3.05, 3.63) is 46.4 Å². The summed E-state index contributed by atoms with van der Waals surface area (Å²) in [6.07, 6.45) is 3.06. The van der Waals surface area contributed by atoms with E-state index in [4.69, 9.17) is 0 Å². The SMILES string of the molecule is CCCNCc1cc(N(CC)Cc2cccs2)ccn1. The average molecular weight is 289 g/mol. The van der Waals surface area contributed by atoms with Gasteiger partial charge in [-0.05, 0) is 43.5 Å². The van der Waals surface area contributed by atoms with E-state index in [-0.39, 0.29) is 0 Å². The fraction of sp³-hybridized carbons (Fsp3) is 0.438. The fourth-order valence-electron chi connectivity index (χ4n) is 2.13. The number of hydrogen-bond acceptors (Lipinski definition) is 4. The molecule has 2 aromatic rings. The van der Waals surface area contributed by atoms with Crippen molar-refractivity contribution in [3.8, 4) is 0 Å². The van der Waals surface area contributed by atoms with Crippen LogP contribution in [-0.2, 0) is 13.1 Å². The van der Waals surface area contributed by atoms with Gasteiger partial charge in [0, 0.05) is 29.9 Å². The van der Waals surface area contributed by atoms with Gasteiger partial charge in [0.15, 0.2) is 0 Å². The summed E-state index contributed by atoms with van der Waals surface area (Å²) in [4.78, 5) is 8.22. The van der Waals surface area contributed by atoms with E-state index in [2.05, 4.69) is 58.7 Å². The molecule has 0 aromatic carbocycles. The molecular formula is C16H23N3S. The second-order valence-electron chi connectivity index (χ2n) is 4.78. The number of aromatic nitrogens is 1. The Hall–Kier alpha value is -1.39.